The highest BCUT2D eigenvalue weighted by Crippen LogP contribution is 2.26. The predicted molar refractivity (Wildman–Crippen MR) is 72.3 cm³/mol. The van der Waals surface area contributed by atoms with Gasteiger partial charge in [-0.25, -0.2) is 12.8 Å². The number of nitrogens with zero attached hydrogens (tertiary/aromatic N) is 1. The van der Waals surface area contributed by atoms with E-state index in [2.05, 4.69) is 0 Å². The third kappa shape index (κ3) is 4.14. The largest absolute Gasteiger partial charge is 0.377 e. The molecular weight excluding hydrogens is 293 g/mol. The fourth-order valence-electron chi connectivity index (χ4n) is 1.42. The molecule has 0 heterocycles. The van der Waals surface area contributed by atoms with Crippen LogP contribution in [0.15, 0.2) is 23.1 Å². The van der Waals surface area contributed by atoms with E-state index in [1.54, 1.807) is 0 Å². The minimum atomic E-state index is -3.95. The summed E-state index contributed by atoms with van der Waals surface area (Å²) in [5, 5.41) is -0.128. The van der Waals surface area contributed by atoms with E-state index in [1.807, 2.05) is 13.8 Å². The second-order valence-electron chi connectivity index (χ2n) is 4.30. The zero-order valence-corrected chi connectivity index (χ0v) is 12.6. The van der Waals surface area contributed by atoms with Gasteiger partial charge in [-0.05, 0) is 26.0 Å². The van der Waals surface area contributed by atoms with Crippen molar-refractivity contribution in [3.63, 3.8) is 0 Å². The molecule has 0 unspecified atom stereocenters. The lowest BCUT2D eigenvalue weighted by atomic mass is 10.3. The molecule has 0 aliphatic heterocycles. The van der Waals surface area contributed by atoms with Gasteiger partial charge in [0.25, 0.3) is 0 Å². The van der Waals surface area contributed by atoms with Gasteiger partial charge in [-0.2, -0.15) is 4.31 Å². The van der Waals surface area contributed by atoms with Crippen LogP contribution in [0.25, 0.3) is 0 Å². The van der Waals surface area contributed by atoms with Gasteiger partial charge in [0.05, 0.1) is 17.7 Å². The first-order chi connectivity index (χ1) is 8.76. The summed E-state index contributed by atoms with van der Waals surface area (Å²) in [5.74, 6) is -0.857. The van der Waals surface area contributed by atoms with E-state index < -0.39 is 20.7 Å². The Morgan fingerprint density at radius 2 is 2.05 bits per heavy atom. The van der Waals surface area contributed by atoms with Crippen molar-refractivity contribution in [2.24, 2.45) is 0 Å². The van der Waals surface area contributed by atoms with E-state index >= 15 is 0 Å². The summed E-state index contributed by atoms with van der Waals surface area (Å²) < 4.78 is 44.3. The number of ether oxygens (including phenoxy) is 1. The van der Waals surface area contributed by atoms with Crippen LogP contribution in [0.4, 0.5) is 4.39 Å². The monoisotopic (exact) mass is 309 g/mol. The smallest absolute Gasteiger partial charge is 0.247 e. The fourth-order valence-corrected chi connectivity index (χ4v) is 3.13. The highest BCUT2D eigenvalue weighted by molar-refractivity contribution is 7.89. The maximum atomic E-state index is 13.6. The van der Waals surface area contributed by atoms with Gasteiger partial charge in [-0.15, -0.1) is 0 Å². The van der Waals surface area contributed by atoms with E-state index in [1.165, 1.54) is 19.2 Å². The van der Waals surface area contributed by atoms with Crippen molar-refractivity contribution in [1.29, 1.82) is 0 Å². The first-order valence-corrected chi connectivity index (χ1v) is 7.60. The van der Waals surface area contributed by atoms with E-state index in [9.17, 15) is 12.8 Å². The molecule has 0 aliphatic rings. The van der Waals surface area contributed by atoms with Crippen molar-refractivity contribution in [2.75, 3.05) is 20.2 Å². The lowest BCUT2D eigenvalue weighted by molar-refractivity contribution is 0.0737. The minimum absolute atomic E-state index is 0.00755. The highest BCUT2D eigenvalue weighted by atomic mass is 35.5. The first-order valence-electron chi connectivity index (χ1n) is 5.78. The summed E-state index contributed by atoms with van der Waals surface area (Å²) in [6.45, 7) is 4.06. The number of halogens is 2. The molecule has 0 aromatic heterocycles. The molecule has 19 heavy (non-hydrogen) atoms. The van der Waals surface area contributed by atoms with Crippen LogP contribution in [-0.2, 0) is 14.8 Å². The molecule has 7 heteroatoms. The average Bonchev–Trinajstić information content (AvgIpc) is 2.27. The average molecular weight is 310 g/mol. The van der Waals surface area contributed by atoms with Crippen molar-refractivity contribution in [1.82, 2.24) is 4.31 Å². The Morgan fingerprint density at radius 1 is 1.42 bits per heavy atom. The molecule has 108 valence electrons. The molecule has 1 aromatic rings. The number of likely N-dealkylation sites (N-methyl/N-ethyl adjacent to an activating group) is 1. The molecule has 0 atom stereocenters. The van der Waals surface area contributed by atoms with Gasteiger partial charge in [0.15, 0.2) is 0 Å². The zero-order valence-electron chi connectivity index (χ0n) is 11.1. The lowest BCUT2D eigenvalue weighted by Crippen LogP contribution is -2.31. The number of hydrogen-bond acceptors (Lipinski definition) is 3. The van der Waals surface area contributed by atoms with Gasteiger partial charge in [0, 0.05) is 13.6 Å². The second kappa shape index (κ2) is 6.65. The van der Waals surface area contributed by atoms with Crippen LogP contribution in [0.5, 0.6) is 0 Å². The van der Waals surface area contributed by atoms with Crippen molar-refractivity contribution in [3.8, 4) is 0 Å². The van der Waals surface area contributed by atoms with Gasteiger partial charge in [-0.1, -0.05) is 17.7 Å². The molecule has 0 saturated carbocycles. The van der Waals surface area contributed by atoms with Crippen molar-refractivity contribution in [3.05, 3.63) is 29.0 Å². The molecule has 0 amide bonds. The predicted octanol–water partition coefficient (Wildman–Crippen LogP) is 2.52. The number of hydrogen-bond donors (Lipinski definition) is 0. The van der Waals surface area contributed by atoms with Gasteiger partial charge in [-0.3, -0.25) is 0 Å². The summed E-state index contributed by atoms with van der Waals surface area (Å²) in [7, 11) is -2.59. The Labute approximate surface area is 118 Å². The normalized spacial score (nSPS) is 12.4. The van der Waals surface area contributed by atoms with Crippen LogP contribution in [0.2, 0.25) is 5.02 Å². The first kappa shape index (κ1) is 16.4. The quantitative estimate of drug-likeness (QED) is 0.811. The van der Waals surface area contributed by atoms with Gasteiger partial charge in [0.1, 0.15) is 10.7 Å². The summed E-state index contributed by atoms with van der Waals surface area (Å²) in [6.07, 6.45) is 0.00755. The van der Waals surface area contributed by atoms with Crippen LogP contribution in [-0.4, -0.2) is 39.0 Å². The van der Waals surface area contributed by atoms with Gasteiger partial charge < -0.3 is 4.74 Å². The summed E-state index contributed by atoms with van der Waals surface area (Å²) in [6, 6.07) is 3.77. The van der Waals surface area contributed by atoms with E-state index in [4.69, 9.17) is 16.3 Å². The van der Waals surface area contributed by atoms with Crippen LogP contribution in [0, 0.1) is 5.82 Å². The molecular formula is C12H17ClFNO3S. The van der Waals surface area contributed by atoms with Crippen molar-refractivity contribution >= 4 is 21.6 Å². The Hall–Kier alpha value is -0.690. The SMILES string of the molecule is CC(C)OCCN(C)S(=O)(=O)c1c(F)cccc1Cl. The van der Waals surface area contributed by atoms with Crippen LogP contribution in [0.1, 0.15) is 13.8 Å². The Bertz CT molecular complexity index is 514. The maximum absolute atomic E-state index is 13.6. The van der Waals surface area contributed by atoms with E-state index in [0.29, 0.717) is 0 Å². The zero-order chi connectivity index (χ0) is 14.6. The van der Waals surface area contributed by atoms with Crippen molar-refractivity contribution in [2.45, 2.75) is 24.8 Å². The van der Waals surface area contributed by atoms with Crippen LogP contribution in [0.3, 0.4) is 0 Å². The summed E-state index contributed by atoms with van der Waals surface area (Å²) in [4.78, 5) is -0.497. The molecule has 0 aliphatic carbocycles. The third-order valence-corrected chi connectivity index (χ3v) is 4.81. The summed E-state index contributed by atoms with van der Waals surface area (Å²) in [5.41, 5.74) is 0. The maximum Gasteiger partial charge on any atom is 0.247 e. The Kier molecular flexibility index (Phi) is 5.73. The molecule has 1 aromatic carbocycles. The van der Waals surface area contributed by atoms with E-state index in [0.717, 1.165) is 10.4 Å². The fraction of sp³-hybridized carbons (Fsp3) is 0.500. The Balaban J connectivity index is 2.91. The molecule has 0 radical (unpaired) electrons. The minimum Gasteiger partial charge on any atom is -0.377 e. The molecule has 0 N–H and O–H groups in total. The van der Waals surface area contributed by atoms with E-state index in [-0.39, 0.29) is 24.3 Å². The lowest BCUT2D eigenvalue weighted by Gasteiger charge is -2.19. The topological polar surface area (TPSA) is 46.6 Å². The second-order valence-corrected chi connectivity index (χ2v) is 6.69. The van der Waals surface area contributed by atoms with Gasteiger partial charge in [0.2, 0.25) is 10.0 Å². The standard InChI is InChI=1S/C12H17ClFNO3S/c1-9(2)18-8-7-15(3)19(16,17)12-10(13)5-4-6-11(12)14/h4-6,9H,7-8H2,1-3H3. The molecule has 0 fully saturated rings. The molecule has 1 rings (SSSR count). The van der Waals surface area contributed by atoms with Gasteiger partial charge >= 0.3 is 0 Å². The number of benzene rings is 1. The molecule has 0 saturated heterocycles. The van der Waals surface area contributed by atoms with Crippen molar-refractivity contribution < 1.29 is 17.5 Å². The number of rotatable bonds is 6. The molecule has 0 spiro atoms. The highest BCUT2D eigenvalue weighted by Gasteiger charge is 2.27. The molecule has 0 bridgehead atoms. The Morgan fingerprint density at radius 3 is 2.58 bits per heavy atom. The number of sulfonamides is 1. The van der Waals surface area contributed by atoms with Crippen LogP contribution < -0.4 is 0 Å². The summed E-state index contributed by atoms with van der Waals surface area (Å²) >= 11 is 5.77. The molecule has 4 nitrogen and oxygen atoms in total. The van der Waals surface area contributed by atoms with Crippen LogP contribution >= 0.6 is 11.6 Å². The third-order valence-electron chi connectivity index (χ3n) is 2.44.